The van der Waals surface area contributed by atoms with Crippen LogP contribution in [0.3, 0.4) is 0 Å². The summed E-state index contributed by atoms with van der Waals surface area (Å²) in [6.07, 6.45) is 3.26. The van der Waals surface area contributed by atoms with E-state index in [0.29, 0.717) is 6.54 Å². The number of amides is 1. The van der Waals surface area contributed by atoms with Gasteiger partial charge in [0.05, 0.1) is 5.92 Å². The molecule has 0 N–H and O–H groups in total. The second-order valence-corrected chi connectivity index (χ2v) is 11.0. The van der Waals surface area contributed by atoms with Gasteiger partial charge in [0.2, 0.25) is 5.91 Å². The lowest BCUT2D eigenvalue weighted by Crippen LogP contribution is -2.54. The van der Waals surface area contributed by atoms with E-state index in [1.54, 1.807) is 0 Å². The molecule has 1 saturated heterocycles. The Hall–Kier alpha value is -3.69. The number of hydrogen-bond acceptors (Lipinski definition) is 2. The van der Waals surface area contributed by atoms with Crippen molar-refractivity contribution in [3.63, 3.8) is 0 Å². The first-order valence-corrected chi connectivity index (χ1v) is 14.0. The van der Waals surface area contributed by atoms with E-state index in [1.807, 2.05) is 36.4 Å². The van der Waals surface area contributed by atoms with Gasteiger partial charge in [-0.2, -0.15) is 0 Å². The number of hydrogen-bond donors (Lipinski definition) is 0. The van der Waals surface area contributed by atoms with Crippen molar-refractivity contribution in [3.05, 3.63) is 143 Å². The fourth-order valence-electron chi connectivity index (χ4n) is 6.56. The summed E-state index contributed by atoms with van der Waals surface area (Å²) in [6.45, 7) is 4.72. The Balaban J connectivity index is 1.25. The van der Waals surface area contributed by atoms with Crippen LogP contribution in [0.4, 0.5) is 0 Å². The van der Waals surface area contributed by atoms with Crippen molar-refractivity contribution in [2.75, 3.05) is 26.2 Å². The predicted molar refractivity (Wildman–Crippen MR) is 154 cm³/mol. The first kappa shape index (κ1) is 24.6. The summed E-state index contributed by atoms with van der Waals surface area (Å²) in [7, 11) is 0. The highest BCUT2D eigenvalue weighted by Gasteiger charge is 2.44. The number of nitrogens with zero attached hydrogens (tertiary/aromatic N) is 2. The van der Waals surface area contributed by atoms with Crippen LogP contribution >= 0.6 is 0 Å². The van der Waals surface area contributed by atoms with Gasteiger partial charge in [-0.15, -0.1) is 0 Å². The minimum Gasteiger partial charge on any atom is -0.337 e. The van der Waals surface area contributed by atoms with Crippen LogP contribution in [-0.4, -0.2) is 41.9 Å². The Labute approximate surface area is 226 Å². The van der Waals surface area contributed by atoms with Gasteiger partial charge < -0.3 is 9.80 Å². The van der Waals surface area contributed by atoms with Gasteiger partial charge in [-0.25, -0.2) is 0 Å². The topological polar surface area (TPSA) is 23.6 Å². The van der Waals surface area contributed by atoms with Crippen molar-refractivity contribution in [2.24, 2.45) is 0 Å². The first-order valence-electron chi connectivity index (χ1n) is 14.0. The van der Waals surface area contributed by atoms with E-state index >= 15 is 0 Å². The van der Waals surface area contributed by atoms with E-state index < -0.39 is 0 Å². The molecule has 1 amide bonds. The van der Waals surface area contributed by atoms with Crippen LogP contribution in [-0.2, 0) is 23.2 Å². The van der Waals surface area contributed by atoms with Crippen LogP contribution in [0.2, 0.25) is 0 Å². The van der Waals surface area contributed by atoms with E-state index in [0.717, 1.165) is 56.6 Å². The molecule has 38 heavy (non-hydrogen) atoms. The third-order valence-corrected chi connectivity index (χ3v) is 8.64. The number of piperidine rings is 1. The van der Waals surface area contributed by atoms with Gasteiger partial charge in [0.15, 0.2) is 0 Å². The summed E-state index contributed by atoms with van der Waals surface area (Å²) in [5.74, 6) is -0.0755. The smallest absolute Gasteiger partial charge is 0.234 e. The lowest BCUT2D eigenvalue weighted by molar-refractivity contribution is -0.134. The molecular formula is C35H36N2O. The summed E-state index contributed by atoms with van der Waals surface area (Å²) in [4.78, 5) is 19.1. The highest BCUT2D eigenvalue weighted by molar-refractivity contribution is 5.87. The highest BCUT2D eigenvalue weighted by atomic mass is 16.2. The lowest BCUT2D eigenvalue weighted by atomic mass is 9.68. The van der Waals surface area contributed by atoms with Gasteiger partial charge in [-0.05, 0) is 60.2 Å². The van der Waals surface area contributed by atoms with Gasteiger partial charge in [-0.3, -0.25) is 4.79 Å². The van der Waals surface area contributed by atoms with Gasteiger partial charge >= 0.3 is 0 Å². The summed E-state index contributed by atoms with van der Waals surface area (Å²) in [5.41, 5.74) is 6.32. The average molecular weight is 501 g/mol. The predicted octanol–water partition coefficient (Wildman–Crippen LogP) is 6.44. The number of fused-ring (bicyclic) bond motifs is 2. The summed E-state index contributed by atoms with van der Waals surface area (Å²) >= 11 is 0. The van der Waals surface area contributed by atoms with Crippen LogP contribution < -0.4 is 0 Å². The van der Waals surface area contributed by atoms with E-state index in [2.05, 4.69) is 88.7 Å². The summed E-state index contributed by atoms with van der Waals surface area (Å²) in [6, 6.07) is 40.2. The molecule has 4 aromatic carbocycles. The van der Waals surface area contributed by atoms with E-state index in [9.17, 15) is 4.79 Å². The van der Waals surface area contributed by atoms with E-state index in [1.165, 1.54) is 16.7 Å². The molecule has 0 saturated carbocycles. The molecule has 0 unspecified atom stereocenters. The molecule has 6 rings (SSSR count). The van der Waals surface area contributed by atoms with Crippen LogP contribution in [0.25, 0.3) is 0 Å². The molecule has 0 aliphatic carbocycles. The first-order chi connectivity index (χ1) is 18.7. The zero-order chi connectivity index (χ0) is 25.8. The maximum absolute atomic E-state index is 14.4. The van der Waals surface area contributed by atoms with Gasteiger partial charge in [-0.1, -0.05) is 115 Å². The van der Waals surface area contributed by atoms with Crippen molar-refractivity contribution < 1.29 is 4.79 Å². The Morgan fingerprint density at radius 3 is 1.89 bits per heavy atom. The Morgan fingerprint density at radius 2 is 1.26 bits per heavy atom. The molecule has 0 bridgehead atoms. The minimum absolute atomic E-state index is 0.0195. The molecule has 192 valence electrons. The summed E-state index contributed by atoms with van der Waals surface area (Å²) in [5, 5.41) is 0. The number of rotatable bonds is 6. The van der Waals surface area contributed by atoms with E-state index in [-0.39, 0.29) is 17.2 Å². The number of likely N-dealkylation sites (tertiary alicyclic amines) is 1. The monoisotopic (exact) mass is 500 g/mol. The average Bonchev–Trinajstić information content (AvgIpc) is 2.99. The second-order valence-electron chi connectivity index (χ2n) is 11.0. The zero-order valence-electron chi connectivity index (χ0n) is 22.0. The van der Waals surface area contributed by atoms with Crippen LogP contribution in [0, 0.1) is 0 Å². The maximum atomic E-state index is 14.4. The fourth-order valence-corrected chi connectivity index (χ4v) is 6.56. The molecule has 3 heteroatoms. The third kappa shape index (κ3) is 5.04. The third-order valence-electron chi connectivity index (χ3n) is 8.64. The molecule has 1 spiro atoms. The van der Waals surface area contributed by atoms with Gasteiger partial charge in [0.25, 0.3) is 0 Å². The van der Waals surface area contributed by atoms with Gasteiger partial charge in [0.1, 0.15) is 0 Å². The minimum atomic E-state index is -0.286. The normalized spacial score (nSPS) is 16.9. The van der Waals surface area contributed by atoms with Crippen molar-refractivity contribution in [1.82, 2.24) is 9.80 Å². The quantitative estimate of drug-likeness (QED) is 0.304. The van der Waals surface area contributed by atoms with Crippen LogP contribution in [0.1, 0.15) is 46.6 Å². The lowest BCUT2D eigenvalue weighted by Gasteiger charge is -2.49. The second kappa shape index (κ2) is 11.0. The molecule has 2 heterocycles. The number of carbonyl (C=O) groups excluding carboxylic acids is 1. The molecule has 2 aliphatic heterocycles. The SMILES string of the molecule is O=C(C(c1ccccc1)c1ccccc1)N1Cc2ccccc2C2(CCN(CCc3ccccc3)CC2)C1. The molecule has 3 nitrogen and oxygen atoms in total. The highest BCUT2D eigenvalue weighted by Crippen LogP contribution is 2.43. The number of carbonyl (C=O) groups is 1. The Bertz CT molecular complexity index is 1310. The fraction of sp³-hybridized carbons (Fsp3) is 0.286. The summed E-state index contributed by atoms with van der Waals surface area (Å²) < 4.78 is 0. The molecule has 4 aromatic rings. The van der Waals surface area contributed by atoms with Crippen molar-refractivity contribution in [2.45, 2.75) is 37.1 Å². The molecule has 0 radical (unpaired) electrons. The Morgan fingerprint density at radius 1 is 0.711 bits per heavy atom. The van der Waals surface area contributed by atoms with Crippen LogP contribution in [0.5, 0.6) is 0 Å². The molecule has 0 aromatic heterocycles. The molecular weight excluding hydrogens is 464 g/mol. The van der Waals surface area contributed by atoms with Crippen molar-refractivity contribution >= 4 is 5.91 Å². The molecule has 2 aliphatic rings. The van der Waals surface area contributed by atoms with Crippen LogP contribution in [0.15, 0.2) is 115 Å². The van der Waals surface area contributed by atoms with E-state index in [4.69, 9.17) is 0 Å². The largest absolute Gasteiger partial charge is 0.337 e. The Kier molecular flexibility index (Phi) is 7.11. The number of benzene rings is 4. The van der Waals surface area contributed by atoms with Crippen molar-refractivity contribution in [3.8, 4) is 0 Å². The zero-order valence-corrected chi connectivity index (χ0v) is 22.0. The maximum Gasteiger partial charge on any atom is 0.234 e. The van der Waals surface area contributed by atoms with Crippen molar-refractivity contribution in [1.29, 1.82) is 0 Å². The molecule has 0 atom stereocenters. The standard InChI is InChI=1S/C35H36N2O/c38-34(33(29-14-6-2-7-15-29)30-16-8-3-9-17-30)37-26-31-18-10-11-19-32(31)35(27-37)21-24-36(25-22-35)23-20-28-12-4-1-5-13-28/h1-19,33H,20-27H2. The van der Waals surface area contributed by atoms with Gasteiger partial charge in [0, 0.05) is 25.0 Å². The molecule has 1 fully saturated rings.